The number of rotatable bonds is 5. The van der Waals surface area contributed by atoms with Gasteiger partial charge in [-0.15, -0.1) is 0 Å². The van der Waals surface area contributed by atoms with Gasteiger partial charge in [-0.3, -0.25) is 0 Å². The highest BCUT2D eigenvalue weighted by Crippen LogP contribution is 2.36. The lowest BCUT2D eigenvalue weighted by atomic mass is 10.1. The molecule has 0 spiro atoms. The van der Waals surface area contributed by atoms with Crippen molar-refractivity contribution in [3.05, 3.63) is 22.6 Å². The highest BCUT2D eigenvalue weighted by molar-refractivity contribution is 9.10. The second kappa shape index (κ2) is 4.71. The van der Waals surface area contributed by atoms with E-state index in [1.807, 2.05) is 6.07 Å². The van der Waals surface area contributed by atoms with Crippen molar-refractivity contribution in [2.45, 2.75) is 32.7 Å². The van der Waals surface area contributed by atoms with Crippen LogP contribution in [0.1, 0.15) is 38.5 Å². The normalized spacial score (nSPS) is 20.2. The van der Waals surface area contributed by atoms with Gasteiger partial charge in [-0.05, 0) is 60.1 Å². The average Bonchev–Trinajstić information content (AvgIpc) is 2.98. The number of halogens is 1. The van der Waals surface area contributed by atoms with E-state index in [0.29, 0.717) is 0 Å². The number of hydrogen-bond donors (Lipinski definition) is 1. The van der Waals surface area contributed by atoms with Gasteiger partial charge < -0.3 is 9.73 Å². The molecule has 1 aliphatic carbocycles. The van der Waals surface area contributed by atoms with Gasteiger partial charge in [0.1, 0.15) is 5.76 Å². The van der Waals surface area contributed by atoms with Gasteiger partial charge in [0.15, 0.2) is 0 Å². The van der Waals surface area contributed by atoms with Crippen LogP contribution in [0, 0.1) is 11.8 Å². The summed E-state index contributed by atoms with van der Waals surface area (Å²) in [6, 6.07) is 2.23. The zero-order valence-corrected chi connectivity index (χ0v) is 10.9. The maximum atomic E-state index is 5.43. The molecule has 1 aromatic heterocycles. The van der Waals surface area contributed by atoms with E-state index in [4.69, 9.17) is 4.42 Å². The number of furan rings is 1. The fourth-order valence-corrected chi connectivity index (χ4v) is 2.45. The quantitative estimate of drug-likeness (QED) is 0.883. The Hall–Kier alpha value is -0.280. The third-order valence-electron chi connectivity index (χ3n) is 3.21. The minimum atomic E-state index is 0.288. The van der Waals surface area contributed by atoms with Crippen molar-refractivity contribution in [2.75, 3.05) is 6.54 Å². The van der Waals surface area contributed by atoms with E-state index in [1.54, 1.807) is 6.26 Å². The number of hydrogen-bond acceptors (Lipinski definition) is 2. The molecule has 2 nitrogen and oxygen atoms in total. The second-order valence-corrected chi connectivity index (χ2v) is 5.43. The van der Waals surface area contributed by atoms with Crippen molar-refractivity contribution in [1.29, 1.82) is 0 Å². The molecule has 0 saturated heterocycles. The zero-order valence-electron chi connectivity index (χ0n) is 9.29. The Kier molecular flexibility index (Phi) is 3.52. The van der Waals surface area contributed by atoms with Gasteiger partial charge in [0.05, 0.1) is 16.8 Å². The van der Waals surface area contributed by atoms with Gasteiger partial charge in [-0.1, -0.05) is 6.92 Å². The summed E-state index contributed by atoms with van der Waals surface area (Å²) in [5, 5.41) is 3.52. The zero-order chi connectivity index (χ0) is 10.8. The van der Waals surface area contributed by atoms with Gasteiger partial charge in [0, 0.05) is 0 Å². The van der Waals surface area contributed by atoms with Crippen molar-refractivity contribution < 1.29 is 4.42 Å². The molecule has 15 heavy (non-hydrogen) atoms. The Morgan fingerprint density at radius 3 is 2.80 bits per heavy atom. The largest absolute Gasteiger partial charge is 0.466 e. The monoisotopic (exact) mass is 271 g/mol. The van der Waals surface area contributed by atoms with Crippen LogP contribution in [0.4, 0.5) is 0 Å². The molecule has 0 radical (unpaired) electrons. The van der Waals surface area contributed by atoms with Crippen molar-refractivity contribution in [3.63, 3.8) is 0 Å². The van der Waals surface area contributed by atoms with Gasteiger partial charge in [0.25, 0.3) is 0 Å². The lowest BCUT2D eigenvalue weighted by molar-refractivity contribution is 0.385. The predicted octanol–water partition coefficient (Wildman–Crippen LogP) is 3.74. The number of nitrogens with one attached hydrogen (secondary N) is 1. The summed E-state index contributed by atoms with van der Waals surface area (Å²) in [4.78, 5) is 0. The van der Waals surface area contributed by atoms with Crippen LogP contribution >= 0.6 is 15.9 Å². The van der Waals surface area contributed by atoms with Crippen LogP contribution in [0.5, 0.6) is 0 Å². The molecule has 2 unspecified atom stereocenters. The van der Waals surface area contributed by atoms with E-state index in [0.717, 1.165) is 28.6 Å². The molecule has 0 amide bonds. The molecule has 2 atom stereocenters. The molecule has 1 aliphatic rings. The summed E-state index contributed by atoms with van der Waals surface area (Å²) >= 11 is 3.48. The van der Waals surface area contributed by atoms with E-state index >= 15 is 0 Å². The van der Waals surface area contributed by atoms with Gasteiger partial charge in [0.2, 0.25) is 0 Å². The van der Waals surface area contributed by atoms with Crippen molar-refractivity contribution >= 4 is 15.9 Å². The van der Waals surface area contributed by atoms with Crippen molar-refractivity contribution in [3.8, 4) is 0 Å². The molecule has 3 heteroatoms. The first-order valence-electron chi connectivity index (χ1n) is 5.64. The molecule has 1 saturated carbocycles. The first-order chi connectivity index (χ1) is 7.18. The molecule has 1 N–H and O–H groups in total. The Balaban J connectivity index is 1.81. The fourth-order valence-electron chi connectivity index (χ4n) is 1.90. The Morgan fingerprint density at radius 2 is 2.27 bits per heavy atom. The van der Waals surface area contributed by atoms with Crippen molar-refractivity contribution in [2.24, 2.45) is 11.8 Å². The third-order valence-corrected chi connectivity index (χ3v) is 3.87. The molecular weight excluding hydrogens is 254 g/mol. The van der Waals surface area contributed by atoms with Gasteiger partial charge in [-0.25, -0.2) is 0 Å². The molecule has 0 aliphatic heterocycles. The molecule has 0 bridgehead atoms. The minimum absolute atomic E-state index is 0.288. The first kappa shape index (κ1) is 11.2. The van der Waals surface area contributed by atoms with Crippen LogP contribution < -0.4 is 5.32 Å². The first-order valence-corrected chi connectivity index (χ1v) is 6.44. The summed E-state index contributed by atoms with van der Waals surface area (Å²) < 4.78 is 6.48. The highest BCUT2D eigenvalue weighted by Gasteiger charge is 2.28. The SMILES string of the molecule is CC(NCC(C)C1CC1)c1occc1Br. The van der Waals surface area contributed by atoms with Gasteiger partial charge >= 0.3 is 0 Å². The van der Waals surface area contributed by atoms with Crippen LogP contribution in [-0.2, 0) is 0 Å². The summed E-state index contributed by atoms with van der Waals surface area (Å²) in [6.07, 6.45) is 4.56. The Morgan fingerprint density at radius 1 is 1.53 bits per heavy atom. The molecule has 1 fully saturated rings. The molecule has 84 valence electrons. The van der Waals surface area contributed by atoms with E-state index in [9.17, 15) is 0 Å². The maximum Gasteiger partial charge on any atom is 0.134 e. The highest BCUT2D eigenvalue weighted by atomic mass is 79.9. The topological polar surface area (TPSA) is 25.2 Å². The van der Waals surface area contributed by atoms with Gasteiger partial charge in [-0.2, -0.15) is 0 Å². The van der Waals surface area contributed by atoms with E-state index in [-0.39, 0.29) is 6.04 Å². The van der Waals surface area contributed by atoms with Crippen LogP contribution in [0.3, 0.4) is 0 Å². The lowest BCUT2D eigenvalue weighted by Crippen LogP contribution is -2.25. The standard InChI is InChI=1S/C12H18BrNO/c1-8(10-3-4-10)7-14-9(2)12-11(13)5-6-15-12/h5-6,8-10,14H,3-4,7H2,1-2H3. The Bertz CT molecular complexity index is 319. The maximum absolute atomic E-state index is 5.43. The van der Waals surface area contributed by atoms with Crippen LogP contribution in [-0.4, -0.2) is 6.54 Å². The summed E-state index contributed by atoms with van der Waals surface area (Å²) in [6.45, 7) is 5.55. The van der Waals surface area contributed by atoms with E-state index < -0.39 is 0 Å². The molecular formula is C12H18BrNO. The molecule has 2 rings (SSSR count). The average molecular weight is 272 g/mol. The molecule has 1 aromatic rings. The van der Waals surface area contributed by atoms with Crippen LogP contribution in [0.25, 0.3) is 0 Å². The van der Waals surface area contributed by atoms with Crippen molar-refractivity contribution in [1.82, 2.24) is 5.32 Å². The smallest absolute Gasteiger partial charge is 0.134 e. The van der Waals surface area contributed by atoms with Crippen LogP contribution in [0.2, 0.25) is 0 Å². The van der Waals surface area contributed by atoms with E-state index in [1.165, 1.54) is 12.8 Å². The van der Waals surface area contributed by atoms with Crippen LogP contribution in [0.15, 0.2) is 21.2 Å². The molecule has 0 aromatic carbocycles. The summed E-state index contributed by atoms with van der Waals surface area (Å²) in [5.41, 5.74) is 0. The van der Waals surface area contributed by atoms with E-state index in [2.05, 4.69) is 35.1 Å². The third kappa shape index (κ3) is 2.85. The minimum Gasteiger partial charge on any atom is -0.466 e. The summed E-state index contributed by atoms with van der Waals surface area (Å²) in [7, 11) is 0. The predicted molar refractivity (Wildman–Crippen MR) is 64.7 cm³/mol. The second-order valence-electron chi connectivity index (χ2n) is 4.58. The molecule has 1 heterocycles. The lowest BCUT2D eigenvalue weighted by Gasteiger charge is -2.16. The fraction of sp³-hybridized carbons (Fsp3) is 0.667. The summed E-state index contributed by atoms with van der Waals surface area (Å²) in [5.74, 6) is 2.75. The Labute approximate surface area is 99.6 Å².